The largest absolute Gasteiger partial charge is 0.480 e. The molecule has 0 bridgehead atoms. The molecule has 0 aliphatic rings. The van der Waals surface area contributed by atoms with Crippen LogP contribution in [0.5, 0.6) is 0 Å². The van der Waals surface area contributed by atoms with Crippen molar-refractivity contribution in [1.29, 1.82) is 0 Å². The van der Waals surface area contributed by atoms with E-state index in [0.29, 0.717) is 24.8 Å². The van der Waals surface area contributed by atoms with Gasteiger partial charge in [-0.25, -0.2) is 0 Å². The van der Waals surface area contributed by atoms with Crippen molar-refractivity contribution in [2.45, 2.75) is 38.3 Å². The molecule has 2 atom stereocenters. The van der Waals surface area contributed by atoms with Gasteiger partial charge in [0.25, 0.3) is 5.69 Å². The zero-order chi connectivity index (χ0) is 18.2. The molecule has 2 aromatic rings. The molecule has 0 radical (unpaired) electrons. The Morgan fingerprint density at radius 2 is 1.80 bits per heavy atom. The normalized spacial score (nSPS) is 13.2. The van der Waals surface area contributed by atoms with Gasteiger partial charge in [-0.2, -0.15) is 0 Å². The number of hydrogen-bond acceptors (Lipinski definition) is 4. The summed E-state index contributed by atoms with van der Waals surface area (Å²) in [7, 11) is 0. The molecule has 0 amide bonds. The average molecular weight is 342 g/mol. The molecular formula is C19H22N2O4. The summed E-state index contributed by atoms with van der Waals surface area (Å²) in [5, 5.41) is 23.6. The van der Waals surface area contributed by atoms with Crippen molar-refractivity contribution in [2.24, 2.45) is 0 Å². The van der Waals surface area contributed by atoms with Crippen molar-refractivity contribution in [3.8, 4) is 0 Å². The van der Waals surface area contributed by atoms with Gasteiger partial charge in [-0.05, 0) is 31.7 Å². The van der Waals surface area contributed by atoms with Crippen molar-refractivity contribution in [3.05, 3.63) is 75.8 Å². The van der Waals surface area contributed by atoms with Crippen LogP contribution in [0.2, 0.25) is 0 Å². The molecule has 0 aliphatic heterocycles. The maximum Gasteiger partial charge on any atom is 0.321 e. The fourth-order valence-electron chi connectivity index (χ4n) is 2.77. The van der Waals surface area contributed by atoms with Gasteiger partial charge in [-0.3, -0.25) is 14.9 Å². The molecule has 2 N–H and O–H groups in total. The number of aliphatic carboxylic acids is 1. The summed E-state index contributed by atoms with van der Waals surface area (Å²) in [6, 6.07) is 15.3. The third-order valence-electron chi connectivity index (χ3n) is 4.10. The molecular weight excluding hydrogens is 320 g/mol. The third kappa shape index (κ3) is 5.69. The molecule has 0 aliphatic carbocycles. The summed E-state index contributed by atoms with van der Waals surface area (Å²) in [4.78, 5) is 22.2. The van der Waals surface area contributed by atoms with Gasteiger partial charge >= 0.3 is 5.97 Å². The number of benzene rings is 2. The molecule has 132 valence electrons. The standard InChI is InChI=1S/C19H22N2O4/c1-14(11-12-16-9-5-6-10-18(16)21(24)25)20-17(19(22)23)13-15-7-3-2-4-8-15/h2-10,14,17,20H,11-13H2,1H3,(H,22,23)/t14?,17-/m1/s1. The zero-order valence-corrected chi connectivity index (χ0v) is 14.1. The number of rotatable bonds is 9. The van der Waals surface area contributed by atoms with Crippen molar-refractivity contribution in [3.63, 3.8) is 0 Å². The Bertz CT molecular complexity index is 718. The highest BCUT2D eigenvalue weighted by molar-refractivity contribution is 5.74. The predicted molar refractivity (Wildman–Crippen MR) is 95.6 cm³/mol. The van der Waals surface area contributed by atoms with E-state index in [2.05, 4.69) is 5.32 Å². The summed E-state index contributed by atoms with van der Waals surface area (Å²) in [5.74, 6) is -0.901. The molecule has 25 heavy (non-hydrogen) atoms. The lowest BCUT2D eigenvalue weighted by Gasteiger charge is -2.20. The van der Waals surface area contributed by atoms with Crippen LogP contribution < -0.4 is 5.32 Å². The van der Waals surface area contributed by atoms with Gasteiger partial charge in [0.2, 0.25) is 0 Å². The number of hydrogen-bond donors (Lipinski definition) is 2. The van der Waals surface area contributed by atoms with Crippen molar-refractivity contribution >= 4 is 11.7 Å². The SMILES string of the molecule is CC(CCc1ccccc1[N+](=O)[O-])N[C@H](Cc1ccccc1)C(=O)O. The van der Waals surface area contributed by atoms with Crippen LogP contribution in [0.1, 0.15) is 24.5 Å². The Morgan fingerprint density at radius 3 is 2.44 bits per heavy atom. The number of para-hydroxylation sites is 1. The van der Waals surface area contributed by atoms with Crippen LogP contribution in [0.3, 0.4) is 0 Å². The zero-order valence-electron chi connectivity index (χ0n) is 14.1. The summed E-state index contributed by atoms with van der Waals surface area (Å²) >= 11 is 0. The second-order valence-electron chi connectivity index (χ2n) is 6.07. The maximum atomic E-state index is 11.5. The van der Waals surface area contributed by atoms with Crippen LogP contribution in [-0.4, -0.2) is 28.1 Å². The van der Waals surface area contributed by atoms with Gasteiger partial charge in [0.05, 0.1) is 4.92 Å². The van der Waals surface area contributed by atoms with E-state index in [-0.39, 0.29) is 16.7 Å². The Hall–Kier alpha value is -2.73. The topological polar surface area (TPSA) is 92.5 Å². The van der Waals surface area contributed by atoms with Gasteiger partial charge < -0.3 is 10.4 Å². The quantitative estimate of drug-likeness (QED) is 0.539. The molecule has 2 aromatic carbocycles. The third-order valence-corrected chi connectivity index (χ3v) is 4.10. The van der Waals surface area contributed by atoms with Gasteiger partial charge in [0.1, 0.15) is 6.04 Å². The molecule has 0 saturated carbocycles. The van der Waals surface area contributed by atoms with Crippen molar-refractivity contribution in [2.75, 3.05) is 0 Å². The highest BCUT2D eigenvalue weighted by Crippen LogP contribution is 2.19. The highest BCUT2D eigenvalue weighted by Gasteiger charge is 2.20. The maximum absolute atomic E-state index is 11.5. The van der Waals surface area contributed by atoms with Gasteiger partial charge in [0, 0.05) is 17.7 Å². The number of nitro groups is 1. The number of nitrogens with zero attached hydrogens (tertiary/aromatic N) is 1. The molecule has 0 heterocycles. The van der Waals surface area contributed by atoms with Crippen LogP contribution in [0.4, 0.5) is 5.69 Å². The molecule has 2 rings (SSSR count). The fourth-order valence-corrected chi connectivity index (χ4v) is 2.77. The summed E-state index contributed by atoms with van der Waals surface area (Å²) in [5.41, 5.74) is 1.72. The first-order valence-corrected chi connectivity index (χ1v) is 8.22. The first kappa shape index (κ1) is 18.6. The Morgan fingerprint density at radius 1 is 1.16 bits per heavy atom. The Balaban J connectivity index is 1.94. The number of carboxylic acid groups (broad SMARTS) is 1. The molecule has 0 saturated heterocycles. The molecule has 0 fully saturated rings. The van der Waals surface area contributed by atoms with E-state index >= 15 is 0 Å². The minimum Gasteiger partial charge on any atom is -0.480 e. The molecule has 1 unspecified atom stereocenters. The number of nitrogens with one attached hydrogen (secondary N) is 1. The lowest BCUT2D eigenvalue weighted by atomic mass is 10.0. The van der Waals surface area contributed by atoms with Crippen LogP contribution in [0.15, 0.2) is 54.6 Å². The lowest BCUT2D eigenvalue weighted by molar-refractivity contribution is -0.385. The average Bonchev–Trinajstić information content (AvgIpc) is 2.60. The summed E-state index contributed by atoms with van der Waals surface area (Å²) in [6.45, 7) is 1.90. The number of carboxylic acids is 1. The van der Waals surface area contributed by atoms with Crippen LogP contribution in [-0.2, 0) is 17.6 Å². The first-order chi connectivity index (χ1) is 12.0. The molecule has 0 aromatic heterocycles. The monoisotopic (exact) mass is 342 g/mol. The Kier molecular flexibility index (Phi) is 6.65. The molecule has 6 nitrogen and oxygen atoms in total. The van der Waals surface area contributed by atoms with Gasteiger partial charge in [0.15, 0.2) is 0 Å². The summed E-state index contributed by atoms with van der Waals surface area (Å²) < 4.78 is 0. The van der Waals surface area contributed by atoms with E-state index in [4.69, 9.17) is 0 Å². The lowest BCUT2D eigenvalue weighted by Crippen LogP contribution is -2.43. The highest BCUT2D eigenvalue weighted by atomic mass is 16.6. The number of nitro benzene ring substituents is 1. The molecule has 0 spiro atoms. The van der Waals surface area contributed by atoms with Crippen LogP contribution in [0.25, 0.3) is 0 Å². The minimum atomic E-state index is -0.901. The minimum absolute atomic E-state index is 0.0791. The van der Waals surface area contributed by atoms with E-state index in [1.165, 1.54) is 6.07 Å². The van der Waals surface area contributed by atoms with E-state index in [9.17, 15) is 20.0 Å². The van der Waals surface area contributed by atoms with Crippen LogP contribution >= 0.6 is 0 Å². The smallest absolute Gasteiger partial charge is 0.321 e. The van der Waals surface area contributed by atoms with Gasteiger partial charge in [-0.1, -0.05) is 48.5 Å². The van der Waals surface area contributed by atoms with Crippen molar-refractivity contribution < 1.29 is 14.8 Å². The second-order valence-corrected chi connectivity index (χ2v) is 6.07. The summed E-state index contributed by atoms with van der Waals surface area (Å²) in [6.07, 6.45) is 1.53. The first-order valence-electron chi connectivity index (χ1n) is 8.22. The Labute approximate surface area is 146 Å². The van der Waals surface area contributed by atoms with Gasteiger partial charge in [-0.15, -0.1) is 0 Å². The van der Waals surface area contributed by atoms with E-state index < -0.39 is 12.0 Å². The number of carbonyl (C=O) groups is 1. The fraction of sp³-hybridized carbons (Fsp3) is 0.316. The number of aryl methyl sites for hydroxylation is 1. The van der Waals surface area contributed by atoms with E-state index in [0.717, 1.165) is 5.56 Å². The van der Waals surface area contributed by atoms with E-state index in [1.54, 1.807) is 18.2 Å². The van der Waals surface area contributed by atoms with Crippen molar-refractivity contribution in [1.82, 2.24) is 5.32 Å². The second kappa shape index (κ2) is 8.94. The molecule has 6 heteroatoms. The van der Waals surface area contributed by atoms with E-state index in [1.807, 2.05) is 37.3 Å². The van der Waals surface area contributed by atoms with Crippen LogP contribution in [0, 0.1) is 10.1 Å². The predicted octanol–water partition coefficient (Wildman–Crippen LogP) is 3.20.